The Morgan fingerprint density at radius 1 is 0.353 bits per heavy atom. The largest absolute Gasteiger partial charge is 0.756 e. The molecule has 0 heterocycles. The topological polar surface area (TPSA) is 111 Å². The first kappa shape index (κ1) is 83.8. The van der Waals surface area contributed by atoms with Crippen LogP contribution in [0, 0.1) is 0 Å². The normalized spacial score (nSPS) is 13.1. The first-order chi connectivity index (χ1) is 41.5. The van der Waals surface area contributed by atoms with Gasteiger partial charge in [0.15, 0.2) is 6.10 Å². The Bertz CT molecular complexity index is 1440. The van der Waals surface area contributed by atoms with E-state index in [2.05, 4.69) is 26.0 Å². The van der Waals surface area contributed by atoms with E-state index in [9.17, 15) is 19.0 Å². The van der Waals surface area contributed by atoms with Crippen molar-refractivity contribution >= 4 is 19.8 Å². The zero-order valence-corrected chi connectivity index (χ0v) is 58.7. The number of unbranched alkanes of at least 4 members (excludes halogenated alkanes) is 56. The standard InChI is InChI=1S/C75H148NO8P/c1-6-8-10-12-14-16-18-20-22-24-26-28-30-32-33-34-35-36-37-38-39-40-41-42-43-44-46-48-50-52-54-56-58-60-62-64-66-68-75(78)84-73(72-83-85(79,80)82-70-69-76(3,4)5)71-81-74(77)67-65-63-61-59-57-55-53-51-49-47-45-31-29-27-25-23-21-19-17-15-13-11-9-7-2/h24,26,73H,6-23,25,27-72H2,1-5H3/b26-24-. The quantitative estimate of drug-likeness (QED) is 0.0195. The lowest BCUT2D eigenvalue weighted by Gasteiger charge is -2.28. The monoisotopic (exact) mass is 1220 g/mol. The van der Waals surface area contributed by atoms with Crippen LogP contribution in [0.1, 0.15) is 406 Å². The average Bonchev–Trinajstić information content (AvgIpc) is 3.50. The molecule has 0 amide bonds. The number of phosphoric ester groups is 1. The molecule has 0 spiro atoms. The van der Waals surface area contributed by atoms with Crippen molar-refractivity contribution < 1.29 is 42.1 Å². The number of allylic oxidation sites excluding steroid dienone is 2. The maximum Gasteiger partial charge on any atom is 0.306 e. The lowest BCUT2D eigenvalue weighted by atomic mass is 10.0. The van der Waals surface area contributed by atoms with E-state index in [0.29, 0.717) is 17.4 Å². The Labute approximate surface area is 530 Å². The molecule has 0 aromatic heterocycles. The number of hydrogen-bond donors (Lipinski definition) is 0. The van der Waals surface area contributed by atoms with Gasteiger partial charge in [-0.3, -0.25) is 14.2 Å². The molecule has 0 aliphatic carbocycles. The van der Waals surface area contributed by atoms with Gasteiger partial charge in [-0.05, 0) is 38.5 Å². The molecule has 0 radical (unpaired) electrons. The second-order valence-electron chi connectivity index (χ2n) is 27.4. The molecule has 0 N–H and O–H groups in total. The number of ether oxygens (including phenoxy) is 2. The summed E-state index contributed by atoms with van der Waals surface area (Å²) in [5, 5.41) is 0. The fraction of sp³-hybridized carbons (Fsp3) is 0.947. The van der Waals surface area contributed by atoms with Crippen LogP contribution in [0.5, 0.6) is 0 Å². The molecule has 506 valence electrons. The first-order valence-corrected chi connectivity index (χ1v) is 39.4. The molecule has 0 saturated heterocycles. The van der Waals surface area contributed by atoms with Crippen LogP contribution in [-0.2, 0) is 32.7 Å². The molecule has 0 rings (SSSR count). The number of phosphoric acid groups is 1. The van der Waals surface area contributed by atoms with Gasteiger partial charge in [0.05, 0.1) is 27.7 Å². The third-order valence-corrected chi connectivity index (χ3v) is 18.5. The molecular formula is C75H148NO8P. The van der Waals surface area contributed by atoms with Gasteiger partial charge in [0.25, 0.3) is 7.82 Å². The van der Waals surface area contributed by atoms with Gasteiger partial charge >= 0.3 is 11.9 Å². The number of nitrogens with zero attached hydrogens (tertiary/aromatic N) is 1. The summed E-state index contributed by atoms with van der Waals surface area (Å²) in [4.78, 5) is 38.1. The second-order valence-corrected chi connectivity index (χ2v) is 28.8. The number of rotatable bonds is 72. The minimum Gasteiger partial charge on any atom is -0.756 e. The summed E-state index contributed by atoms with van der Waals surface area (Å²) >= 11 is 0. The number of likely N-dealkylation sites (N-methyl/N-ethyl adjacent to an activating group) is 1. The molecule has 0 aliphatic heterocycles. The van der Waals surface area contributed by atoms with Crippen molar-refractivity contribution in [3.63, 3.8) is 0 Å². The predicted molar refractivity (Wildman–Crippen MR) is 365 cm³/mol. The van der Waals surface area contributed by atoms with Crippen molar-refractivity contribution in [2.75, 3.05) is 47.5 Å². The molecule has 0 fully saturated rings. The molecule has 0 bridgehead atoms. The van der Waals surface area contributed by atoms with E-state index in [1.54, 1.807) is 0 Å². The molecule has 85 heavy (non-hydrogen) atoms. The maximum absolute atomic E-state index is 12.9. The van der Waals surface area contributed by atoms with Crippen molar-refractivity contribution in [1.29, 1.82) is 0 Å². The summed E-state index contributed by atoms with van der Waals surface area (Å²) < 4.78 is 34.4. The van der Waals surface area contributed by atoms with Crippen LogP contribution in [-0.4, -0.2) is 70.0 Å². The number of carbonyl (C=O) groups excluding carboxylic acids is 2. The molecule has 2 atom stereocenters. The summed E-state index contributed by atoms with van der Waals surface area (Å²) in [5.74, 6) is -0.804. The lowest BCUT2D eigenvalue weighted by Crippen LogP contribution is -2.37. The number of quaternary nitrogens is 1. The van der Waals surface area contributed by atoms with Crippen LogP contribution in [0.2, 0.25) is 0 Å². The Morgan fingerprint density at radius 2 is 0.600 bits per heavy atom. The van der Waals surface area contributed by atoms with Crippen molar-refractivity contribution in [1.82, 2.24) is 0 Å². The van der Waals surface area contributed by atoms with Gasteiger partial charge in [0.1, 0.15) is 19.8 Å². The van der Waals surface area contributed by atoms with Crippen LogP contribution in [0.3, 0.4) is 0 Å². The van der Waals surface area contributed by atoms with Gasteiger partial charge in [0.2, 0.25) is 0 Å². The maximum atomic E-state index is 12.9. The van der Waals surface area contributed by atoms with Gasteiger partial charge < -0.3 is 27.9 Å². The minimum atomic E-state index is -4.64. The highest BCUT2D eigenvalue weighted by atomic mass is 31.2. The highest BCUT2D eigenvalue weighted by Crippen LogP contribution is 2.38. The Kier molecular flexibility index (Phi) is 66.2. The summed E-state index contributed by atoms with van der Waals surface area (Å²) in [7, 11) is 1.20. The fourth-order valence-corrected chi connectivity index (χ4v) is 12.4. The van der Waals surface area contributed by atoms with Crippen molar-refractivity contribution in [3.8, 4) is 0 Å². The first-order valence-electron chi connectivity index (χ1n) is 37.9. The smallest absolute Gasteiger partial charge is 0.306 e. The average molecular weight is 1220 g/mol. The predicted octanol–water partition coefficient (Wildman–Crippen LogP) is 24.0. The van der Waals surface area contributed by atoms with E-state index in [0.717, 1.165) is 32.1 Å². The molecule has 0 aliphatic rings. The van der Waals surface area contributed by atoms with Crippen LogP contribution in [0.4, 0.5) is 0 Å². The molecule has 9 nitrogen and oxygen atoms in total. The van der Waals surface area contributed by atoms with Crippen LogP contribution in [0.25, 0.3) is 0 Å². The van der Waals surface area contributed by atoms with Crippen LogP contribution < -0.4 is 4.89 Å². The third-order valence-electron chi connectivity index (χ3n) is 17.5. The van der Waals surface area contributed by atoms with E-state index in [4.69, 9.17) is 18.5 Å². The van der Waals surface area contributed by atoms with E-state index in [-0.39, 0.29) is 32.0 Å². The SMILES string of the molecule is CCCCCCCCCC/C=C\CCCCCCCCCCCCCCCCCCCCCCCCCCCC(=O)OC(COC(=O)CCCCCCCCCCCCCCCCCCCCCCCCCC)COP(=O)([O-])OCC[N+](C)(C)C. The molecule has 0 saturated carbocycles. The number of carbonyl (C=O) groups is 2. The Balaban J connectivity index is 3.90. The third kappa shape index (κ3) is 71.7. The molecule has 0 aromatic rings. The van der Waals surface area contributed by atoms with Gasteiger partial charge in [-0.25, -0.2) is 0 Å². The number of esters is 2. The van der Waals surface area contributed by atoms with E-state index in [1.165, 1.54) is 340 Å². The van der Waals surface area contributed by atoms with Crippen molar-refractivity contribution in [3.05, 3.63) is 12.2 Å². The fourth-order valence-electron chi connectivity index (χ4n) is 11.7. The van der Waals surface area contributed by atoms with Crippen LogP contribution in [0.15, 0.2) is 12.2 Å². The van der Waals surface area contributed by atoms with E-state index >= 15 is 0 Å². The molecule has 2 unspecified atom stereocenters. The van der Waals surface area contributed by atoms with Crippen molar-refractivity contribution in [2.24, 2.45) is 0 Å². The zero-order chi connectivity index (χ0) is 61.9. The lowest BCUT2D eigenvalue weighted by molar-refractivity contribution is -0.870. The number of hydrogen-bond acceptors (Lipinski definition) is 8. The van der Waals surface area contributed by atoms with Gasteiger partial charge in [-0.2, -0.15) is 0 Å². The Hall–Kier alpha value is -1.25. The van der Waals surface area contributed by atoms with Crippen LogP contribution >= 0.6 is 7.82 Å². The second kappa shape index (κ2) is 67.2. The highest BCUT2D eigenvalue weighted by Gasteiger charge is 2.22. The summed E-state index contributed by atoms with van der Waals surface area (Å²) in [6, 6.07) is 0. The Morgan fingerprint density at radius 3 is 0.871 bits per heavy atom. The van der Waals surface area contributed by atoms with Crippen molar-refractivity contribution in [2.45, 2.75) is 412 Å². The highest BCUT2D eigenvalue weighted by molar-refractivity contribution is 7.45. The van der Waals surface area contributed by atoms with Gasteiger partial charge in [-0.1, -0.05) is 366 Å². The van der Waals surface area contributed by atoms with Gasteiger partial charge in [-0.15, -0.1) is 0 Å². The van der Waals surface area contributed by atoms with Gasteiger partial charge in [0, 0.05) is 12.8 Å². The zero-order valence-electron chi connectivity index (χ0n) is 57.9. The molecular weight excluding hydrogens is 1070 g/mol. The van der Waals surface area contributed by atoms with E-state index < -0.39 is 26.5 Å². The van der Waals surface area contributed by atoms with E-state index in [1.807, 2.05) is 21.1 Å². The summed E-state index contributed by atoms with van der Waals surface area (Å²) in [6.07, 6.45) is 83.3. The molecule has 0 aromatic carbocycles. The summed E-state index contributed by atoms with van der Waals surface area (Å²) in [6.45, 7) is 4.33. The minimum absolute atomic E-state index is 0.0255. The summed E-state index contributed by atoms with van der Waals surface area (Å²) in [5.41, 5.74) is 0. The molecule has 10 heteroatoms.